The van der Waals surface area contributed by atoms with E-state index in [1.54, 1.807) is 50.6 Å². The van der Waals surface area contributed by atoms with Crippen molar-refractivity contribution in [2.45, 2.75) is 24.7 Å². The fourth-order valence-corrected chi connectivity index (χ4v) is 4.47. The van der Waals surface area contributed by atoms with Crippen LogP contribution in [-0.2, 0) is 21.2 Å². The number of ether oxygens (including phenoxy) is 1. The van der Waals surface area contributed by atoms with Crippen molar-refractivity contribution in [2.24, 2.45) is 0 Å². The first-order chi connectivity index (χ1) is 12.4. The van der Waals surface area contributed by atoms with Gasteiger partial charge in [-0.15, -0.1) is 0 Å². The third kappa shape index (κ3) is 3.22. The number of halogens is 1. The van der Waals surface area contributed by atoms with Gasteiger partial charge in [-0.1, -0.05) is 11.6 Å². The van der Waals surface area contributed by atoms with Crippen molar-refractivity contribution in [2.75, 3.05) is 7.11 Å². The molecule has 3 rings (SSSR count). The molecule has 0 amide bonds. The number of fused-ring (bicyclic) bond motifs is 1. The minimum atomic E-state index is -3.80. The number of rotatable bonds is 6. The van der Waals surface area contributed by atoms with Gasteiger partial charge in [-0.25, -0.2) is 12.4 Å². The summed E-state index contributed by atoms with van der Waals surface area (Å²) in [7, 11) is -2.25. The van der Waals surface area contributed by atoms with Gasteiger partial charge in [-0.05, 0) is 60.9 Å². The monoisotopic (exact) mass is 391 g/mol. The Morgan fingerprint density at radius 3 is 2.62 bits per heavy atom. The largest absolute Gasteiger partial charge is 0.497 e. The number of aryl methyl sites for hydroxylation is 2. The van der Waals surface area contributed by atoms with Crippen LogP contribution in [0.5, 0.6) is 5.75 Å². The maximum Gasteiger partial charge on any atom is 0.268 e. The average Bonchev–Trinajstić information content (AvgIpc) is 3.00. The number of nitrogens with zero attached hydrogens (tertiary/aromatic N) is 1. The molecule has 0 N–H and O–H groups in total. The standard InChI is InChI=1S/C19H18ClNO4S/c1-13-10-16(6-7-18(13)20)26(23,24)21-12-14(4-3-9-22)17-11-15(25-2)5-8-19(17)21/h5-12H,3-4H2,1-2H3. The minimum absolute atomic E-state index is 0.161. The lowest BCUT2D eigenvalue weighted by Gasteiger charge is -2.09. The van der Waals surface area contributed by atoms with Crippen molar-refractivity contribution < 1.29 is 17.9 Å². The van der Waals surface area contributed by atoms with Crippen LogP contribution in [0.25, 0.3) is 10.9 Å². The second kappa shape index (κ2) is 7.13. The van der Waals surface area contributed by atoms with Crippen LogP contribution in [0, 0.1) is 6.92 Å². The number of hydrogen-bond acceptors (Lipinski definition) is 4. The van der Waals surface area contributed by atoms with Gasteiger partial charge in [0, 0.05) is 23.0 Å². The molecule has 0 radical (unpaired) electrons. The van der Waals surface area contributed by atoms with Gasteiger partial charge < -0.3 is 9.53 Å². The highest BCUT2D eigenvalue weighted by Crippen LogP contribution is 2.30. The molecule has 0 saturated carbocycles. The quantitative estimate of drug-likeness (QED) is 0.596. The Labute approximate surface area is 157 Å². The molecule has 0 fully saturated rings. The van der Waals surface area contributed by atoms with Gasteiger partial charge in [0.2, 0.25) is 0 Å². The highest BCUT2D eigenvalue weighted by atomic mass is 35.5. The summed E-state index contributed by atoms with van der Waals surface area (Å²) in [6, 6.07) is 9.83. The molecular formula is C19H18ClNO4S. The first-order valence-corrected chi connectivity index (χ1v) is 9.83. The normalized spacial score (nSPS) is 11.7. The molecule has 7 heteroatoms. The van der Waals surface area contributed by atoms with E-state index >= 15 is 0 Å². The molecule has 3 aromatic rings. The average molecular weight is 392 g/mol. The third-order valence-electron chi connectivity index (χ3n) is 4.28. The summed E-state index contributed by atoms with van der Waals surface area (Å²) in [5.41, 5.74) is 2.01. The number of methoxy groups -OCH3 is 1. The second-order valence-electron chi connectivity index (χ2n) is 5.95. The number of benzene rings is 2. The zero-order chi connectivity index (χ0) is 18.9. The zero-order valence-corrected chi connectivity index (χ0v) is 16.0. The van der Waals surface area contributed by atoms with Crippen LogP contribution in [-0.4, -0.2) is 25.8 Å². The molecule has 0 bridgehead atoms. The Morgan fingerprint density at radius 2 is 1.96 bits per heavy atom. The summed E-state index contributed by atoms with van der Waals surface area (Å²) in [5.74, 6) is 0.627. The van der Waals surface area contributed by atoms with Gasteiger partial charge in [0.25, 0.3) is 10.0 Å². The molecule has 136 valence electrons. The van der Waals surface area contributed by atoms with E-state index in [1.807, 2.05) is 0 Å². The second-order valence-corrected chi connectivity index (χ2v) is 8.18. The van der Waals surface area contributed by atoms with E-state index in [2.05, 4.69) is 0 Å². The summed E-state index contributed by atoms with van der Waals surface area (Å²) in [5, 5.41) is 1.26. The number of carbonyl (C=O) groups is 1. The molecule has 5 nitrogen and oxygen atoms in total. The van der Waals surface area contributed by atoms with E-state index in [4.69, 9.17) is 16.3 Å². The first-order valence-electron chi connectivity index (χ1n) is 8.02. The molecule has 0 atom stereocenters. The lowest BCUT2D eigenvalue weighted by molar-refractivity contribution is -0.107. The van der Waals surface area contributed by atoms with E-state index < -0.39 is 10.0 Å². The summed E-state index contributed by atoms with van der Waals surface area (Å²) >= 11 is 6.02. The van der Waals surface area contributed by atoms with Crippen LogP contribution >= 0.6 is 11.6 Å². The molecule has 1 aromatic heterocycles. The van der Waals surface area contributed by atoms with Crippen LogP contribution < -0.4 is 4.74 Å². The predicted molar refractivity (Wildman–Crippen MR) is 102 cm³/mol. The van der Waals surface area contributed by atoms with Crippen LogP contribution in [0.4, 0.5) is 0 Å². The van der Waals surface area contributed by atoms with E-state index in [1.165, 1.54) is 10.0 Å². The van der Waals surface area contributed by atoms with Gasteiger partial charge >= 0.3 is 0 Å². The van der Waals surface area contributed by atoms with Gasteiger partial charge in [0.15, 0.2) is 0 Å². The van der Waals surface area contributed by atoms with Crippen LogP contribution in [0.1, 0.15) is 17.5 Å². The molecule has 2 aromatic carbocycles. The molecule has 0 spiro atoms. The number of hydrogen-bond donors (Lipinski definition) is 0. The van der Waals surface area contributed by atoms with Crippen molar-refractivity contribution >= 4 is 38.8 Å². The maximum absolute atomic E-state index is 13.2. The Hall–Kier alpha value is -2.31. The van der Waals surface area contributed by atoms with Crippen molar-refractivity contribution in [1.82, 2.24) is 3.97 Å². The van der Waals surface area contributed by atoms with Gasteiger partial charge in [0.1, 0.15) is 12.0 Å². The lowest BCUT2D eigenvalue weighted by atomic mass is 10.1. The fraction of sp³-hybridized carbons (Fsp3) is 0.211. The highest BCUT2D eigenvalue weighted by Gasteiger charge is 2.22. The summed E-state index contributed by atoms with van der Waals surface area (Å²) in [4.78, 5) is 10.9. The topological polar surface area (TPSA) is 65.4 Å². The SMILES string of the molecule is COc1ccc2c(c1)c(CCC=O)cn2S(=O)(=O)c1ccc(Cl)c(C)c1. The van der Waals surface area contributed by atoms with Gasteiger partial charge in [-0.2, -0.15) is 0 Å². The Balaban J connectivity index is 2.22. The molecule has 0 unspecified atom stereocenters. The number of aldehydes is 1. The molecule has 0 aliphatic heterocycles. The van der Waals surface area contributed by atoms with Crippen molar-refractivity contribution in [3.05, 3.63) is 58.7 Å². The molecule has 1 heterocycles. The van der Waals surface area contributed by atoms with Crippen LogP contribution in [0.2, 0.25) is 5.02 Å². The molecule has 0 saturated heterocycles. The zero-order valence-electron chi connectivity index (χ0n) is 14.4. The predicted octanol–water partition coefficient (Wildman–Crippen LogP) is 3.98. The smallest absolute Gasteiger partial charge is 0.268 e. The van der Waals surface area contributed by atoms with Gasteiger partial charge in [0.05, 0.1) is 17.5 Å². The van der Waals surface area contributed by atoms with Crippen LogP contribution in [0.3, 0.4) is 0 Å². The molecule has 0 aliphatic carbocycles. The number of aromatic nitrogens is 1. The first kappa shape index (κ1) is 18.5. The number of carbonyl (C=O) groups excluding carboxylic acids is 1. The third-order valence-corrected chi connectivity index (χ3v) is 6.37. The maximum atomic E-state index is 13.2. The summed E-state index contributed by atoms with van der Waals surface area (Å²) in [6.07, 6.45) is 3.17. The van der Waals surface area contributed by atoms with Crippen LogP contribution in [0.15, 0.2) is 47.5 Å². The Kier molecular flexibility index (Phi) is 5.07. The van der Waals surface area contributed by atoms with Crippen molar-refractivity contribution in [3.8, 4) is 5.75 Å². The van der Waals surface area contributed by atoms with Gasteiger partial charge in [-0.3, -0.25) is 0 Å². The van der Waals surface area contributed by atoms with Crippen molar-refractivity contribution in [1.29, 1.82) is 0 Å². The Morgan fingerprint density at radius 1 is 1.19 bits per heavy atom. The fourth-order valence-electron chi connectivity index (χ4n) is 2.88. The van der Waals surface area contributed by atoms with E-state index in [0.29, 0.717) is 34.7 Å². The van der Waals surface area contributed by atoms with Crippen molar-refractivity contribution in [3.63, 3.8) is 0 Å². The van der Waals surface area contributed by atoms with E-state index in [9.17, 15) is 13.2 Å². The highest BCUT2D eigenvalue weighted by molar-refractivity contribution is 7.90. The van der Waals surface area contributed by atoms with E-state index in [-0.39, 0.29) is 4.90 Å². The molecule has 26 heavy (non-hydrogen) atoms. The molecule has 0 aliphatic rings. The minimum Gasteiger partial charge on any atom is -0.497 e. The van der Waals surface area contributed by atoms with E-state index in [0.717, 1.165) is 17.2 Å². The lowest BCUT2D eigenvalue weighted by Crippen LogP contribution is -2.12. The summed E-state index contributed by atoms with van der Waals surface area (Å²) in [6.45, 7) is 1.76. The Bertz CT molecular complexity index is 1090. The molecular weight excluding hydrogens is 374 g/mol. The summed E-state index contributed by atoms with van der Waals surface area (Å²) < 4.78 is 32.8.